The molecule has 0 unspecified atom stereocenters. The molecule has 1 N–H and O–H groups in total. The van der Waals surface area contributed by atoms with Crippen LogP contribution in [0.25, 0.3) is 11.1 Å². The Bertz CT molecular complexity index is 690. The Kier molecular flexibility index (Phi) is 5.39. The third-order valence-corrected chi connectivity index (χ3v) is 3.76. The van der Waals surface area contributed by atoms with E-state index in [1.54, 1.807) is 6.07 Å². The van der Waals surface area contributed by atoms with Crippen molar-refractivity contribution in [3.63, 3.8) is 0 Å². The van der Waals surface area contributed by atoms with E-state index in [1.807, 2.05) is 26.0 Å². The van der Waals surface area contributed by atoms with Gasteiger partial charge in [-0.15, -0.1) is 0 Å². The zero-order chi connectivity index (χ0) is 16.3. The smallest absolute Gasteiger partial charge is 0.338 e. The van der Waals surface area contributed by atoms with Crippen molar-refractivity contribution in [3.8, 4) is 16.9 Å². The van der Waals surface area contributed by atoms with Crippen molar-refractivity contribution in [1.82, 2.24) is 0 Å². The van der Waals surface area contributed by atoms with Crippen LogP contribution in [0.15, 0.2) is 30.3 Å². The number of aromatic carboxylic acids is 1. The van der Waals surface area contributed by atoms with E-state index in [1.165, 1.54) is 12.1 Å². The van der Waals surface area contributed by atoms with Gasteiger partial charge in [0.1, 0.15) is 11.6 Å². The fourth-order valence-corrected chi connectivity index (χ4v) is 2.57. The Hall–Kier alpha value is -1.63. The summed E-state index contributed by atoms with van der Waals surface area (Å²) in [6, 6.07) is 8.00. The molecule has 5 heteroatoms. The van der Waals surface area contributed by atoms with Gasteiger partial charge in [-0.25, -0.2) is 9.18 Å². The van der Waals surface area contributed by atoms with E-state index >= 15 is 0 Å². The fourth-order valence-electron chi connectivity index (χ4n) is 2.35. The molecule has 0 atom stereocenters. The van der Waals surface area contributed by atoms with Gasteiger partial charge in [0, 0.05) is 4.43 Å². The van der Waals surface area contributed by atoms with Gasteiger partial charge in [-0.05, 0) is 60.4 Å². The molecule has 0 amide bonds. The molecule has 0 heterocycles. The summed E-state index contributed by atoms with van der Waals surface area (Å²) in [7, 11) is 0. The van der Waals surface area contributed by atoms with Gasteiger partial charge in [0.25, 0.3) is 0 Å². The number of rotatable bonds is 5. The van der Waals surface area contributed by atoms with Gasteiger partial charge in [-0.3, -0.25) is 0 Å². The molecule has 3 nitrogen and oxygen atoms in total. The highest BCUT2D eigenvalue weighted by atomic mass is 127. The second-order valence-corrected chi connectivity index (χ2v) is 6.06. The molecule has 116 valence electrons. The fraction of sp³-hybridized carbons (Fsp3) is 0.235. The highest BCUT2D eigenvalue weighted by Crippen LogP contribution is 2.31. The lowest BCUT2D eigenvalue weighted by atomic mass is 9.98. The quantitative estimate of drug-likeness (QED) is 0.574. The van der Waals surface area contributed by atoms with Gasteiger partial charge in [0.2, 0.25) is 0 Å². The highest BCUT2D eigenvalue weighted by Gasteiger charge is 2.13. The summed E-state index contributed by atoms with van der Waals surface area (Å²) >= 11 is 2.25. The van der Waals surface area contributed by atoms with Crippen LogP contribution in [-0.4, -0.2) is 22.1 Å². The van der Waals surface area contributed by atoms with Crippen LogP contribution in [0.3, 0.4) is 0 Å². The molecule has 0 spiro atoms. The van der Waals surface area contributed by atoms with Crippen molar-refractivity contribution in [2.45, 2.75) is 13.8 Å². The minimum atomic E-state index is -1.26. The summed E-state index contributed by atoms with van der Waals surface area (Å²) in [4.78, 5) is 10.9. The third-order valence-electron chi connectivity index (χ3n) is 3.32. The highest BCUT2D eigenvalue weighted by molar-refractivity contribution is 14.1. The Morgan fingerprint density at radius 2 is 1.82 bits per heavy atom. The number of halogens is 2. The average molecular weight is 414 g/mol. The van der Waals surface area contributed by atoms with Crippen LogP contribution in [0.2, 0.25) is 0 Å². The molecule has 0 aliphatic heterocycles. The predicted molar refractivity (Wildman–Crippen MR) is 92.7 cm³/mol. The first-order valence-corrected chi connectivity index (χ1v) is 8.30. The first-order valence-electron chi connectivity index (χ1n) is 6.77. The maximum Gasteiger partial charge on any atom is 0.338 e. The lowest BCUT2D eigenvalue weighted by molar-refractivity contribution is 0.0692. The molecular weight excluding hydrogens is 398 g/mol. The molecule has 2 aromatic carbocycles. The molecule has 22 heavy (non-hydrogen) atoms. The maximum atomic E-state index is 13.8. The number of ether oxygens (including phenoxy) is 1. The van der Waals surface area contributed by atoms with Gasteiger partial charge < -0.3 is 9.84 Å². The minimum absolute atomic E-state index is 0.320. The maximum absolute atomic E-state index is 13.8. The van der Waals surface area contributed by atoms with Crippen LogP contribution in [0, 0.1) is 19.7 Å². The zero-order valence-electron chi connectivity index (χ0n) is 12.3. The van der Waals surface area contributed by atoms with Crippen LogP contribution in [0.1, 0.15) is 21.5 Å². The van der Waals surface area contributed by atoms with E-state index < -0.39 is 11.8 Å². The largest absolute Gasteiger partial charge is 0.492 e. The van der Waals surface area contributed by atoms with E-state index in [4.69, 9.17) is 9.84 Å². The molecule has 0 aliphatic rings. The normalized spacial score (nSPS) is 10.5. The Labute approximate surface area is 142 Å². The molecule has 0 aliphatic carbocycles. The van der Waals surface area contributed by atoms with Gasteiger partial charge in [0.05, 0.1) is 12.2 Å². The molecule has 0 fully saturated rings. The third kappa shape index (κ3) is 3.58. The summed E-state index contributed by atoms with van der Waals surface area (Å²) in [6.07, 6.45) is 0. The molecule has 2 rings (SSSR count). The van der Waals surface area contributed by atoms with E-state index in [9.17, 15) is 9.18 Å². The van der Waals surface area contributed by atoms with Crippen molar-refractivity contribution in [1.29, 1.82) is 0 Å². The lowest BCUT2D eigenvalue weighted by Gasteiger charge is -2.14. The van der Waals surface area contributed by atoms with Crippen molar-refractivity contribution < 1.29 is 19.0 Å². The number of carbonyl (C=O) groups is 1. The van der Waals surface area contributed by atoms with Crippen molar-refractivity contribution in [3.05, 3.63) is 52.8 Å². The van der Waals surface area contributed by atoms with Crippen LogP contribution in [0.5, 0.6) is 5.75 Å². The van der Waals surface area contributed by atoms with Gasteiger partial charge in [-0.2, -0.15) is 0 Å². The first kappa shape index (κ1) is 16.7. The summed E-state index contributed by atoms with van der Waals surface area (Å²) in [5.41, 5.74) is 3.12. The number of hydrogen-bond acceptors (Lipinski definition) is 2. The number of carboxylic acids is 1. The van der Waals surface area contributed by atoms with Gasteiger partial charge in [-0.1, -0.05) is 28.7 Å². The number of aryl methyl sites for hydroxylation is 2. The Morgan fingerprint density at radius 3 is 2.32 bits per heavy atom. The number of carboxylic acid groups (broad SMARTS) is 1. The number of benzene rings is 2. The summed E-state index contributed by atoms with van der Waals surface area (Å²) in [5.74, 6) is -1.15. The molecule has 0 radical (unpaired) electrons. The van der Waals surface area contributed by atoms with Crippen LogP contribution in [0.4, 0.5) is 4.39 Å². The number of hydrogen-bond donors (Lipinski definition) is 1. The van der Waals surface area contributed by atoms with E-state index in [0.29, 0.717) is 12.2 Å². The van der Waals surface area contributed by atoms with Gasteiger partial charge in [0.15, 0.2) is 0 Å². The topological polar surface area (TPSA) is 46.5 Å². The molecule has 0 saturated carbocycles. The Balaban J connectivity index is 2.41. The second-order valence-electron chi connectivity index (χ2n) is 4.98. The van der Waals surface area contributed by atoms with Crippen molar-refractivity contribution in [2.75, 3.05) is 11.0 Å². The molecule has 0 bridgehead atoms. The van der Waals surface area contributed by atoms with Crippen LogP contribution < -0.4 is 4.74 Å². The van der Waals surface area contributed by atoms with Gasteiger partial charge >= 0.3 is 5.97 Å². The SMILES string of the molecule is Cc1cc(-c2ccc(C(=O)O)c(F)c2)cc(C)c1OCCI. The molecule has 0 aromatic heterocycles. The Morgan fingerprint density at radius 1 is 1.18 bits per heavy atom. The minimum Gasteiger partial charge on any atom is -0.492 e. The summed E-state index contributed by atoms with van der Waals surface area (Å²) < 4.78 is 20.5. The molecule has 2 aromatic rings. The predicted octanol–water partition coefficient (Wildman–Crippen LogP) is 4.62. The summed E-state index contributed by atoms with van der Waals surface area (Å²) in [5, 5.41) is 8.88. The first-order chi connectivity index (χ1) is 10.4. The van der Waals surface area contributed by atoms with Crippen LogP contribution >= 0.6 is 22.6 Å². The van der Waals surface area contributed by atoms with E-state index in [2.05, 4.69) is 22.6 Å². The number of alkyl halides is 1. The van der Waals surface area contributed by atoms with E-state index in [0.717, 1.165) is 26.9 Å². The van der Waals surface area contributed by atoms with Crippen molar-refractivity contribution >= 4 is 28.6 Å². The lowest BCUT2D eigenvalue weighted by Crippen LogP contribution is -2.02. The average Bonchev–Trinajstić information content (AvgIpc) is 2.45. The standard InChI is InChI=1S/C17H16FIO3/c1-10-7-13(8-11(2)16(10)22-6-5-19)12-3-4-14(17(20)21)15(18)9-12/h3-4,7-9H,5-6H2,1-2H3,(H,20,21). The zero-order valence-corrected chi connectivity index (χ0v) is 14.5. The van der Waals surface area contributed by atoms with Crippen molar-refractivity contribution in [2.24, 2.45) is 0 Å². The molecule has 0 saturated heterocycles. The summed E-state index contributed by atoms with van der Waals surface area (Å²) in [6.45, 7) is 4.53. The molecular formula is C17H16FIO3. The monoisotopic (exact) mass is 414 g/mol. The van der Waals surface area contributed by atoms with Crippen LogP contribution in [-0.2, 0) is 0 Å². The van der Waals surface area contributed by atoms with E-state index in [-0.39, 0.29) is 5.56 Å². The second kappa shape index (κ2) is 7.09.